The lowest BCUT2D eigenvalue weighted by Crippen LogP contribution is -2.07. The quantitative estimate of drug-likeness (QED) is 0.861. The van der Waals surface area contributed by atoms with Crippen LogP contribution in [0.5, 0.6) is 0 Å². The zero-order valence-corrected chi connectivity index (χ0v) is 10.8. The third-order valence-electron chi connectivity index (χ3n) is 3.18. The van der Waals surface area contributed by atoms with Gasteiger partial charge in [0, 0.05) is 11.9 Å². The molecule has 0 aromatic carbocycles. The predicted octanol–water partition coefficient (Wildman–Crippen LogP) is 2.34. The summed E-state index contributed by atoms with van der Waals surface area (Å²) >= 11 is 0. The number of aryl methyl sites for hydroxylation is 2. The van der Waals surface area contributed by atoms with Gasteiger partial charge in [-0.3, -0.25) is 0 Å². The molecule has 2 aromatic heterocycles. The maximum atomic E-state index is 6.06. The summed E-state index contributed by atoms with van der Waals surface area (Å²) in [5.41, 5.74) is 11.2. The van der Waals surface area contributed by atoms with E-state index in [0.717, 1.165) is 29.2 Å². The molecule has 0 aliphatic heterocycles. The SMILES string of the molecule is CCc1c(C)nn(-c2nccc(C)c2N)c1C. The van der Waals surface area contributed by atoms with Crippen molar-refractivity contribution >= 4 is 5.69 Å². The summed E-state index contributed by atoms with van der Waals surface area (Å²) in [6.45, 7) is 8.19. The van der Waals surface area contributed by atoms with Gasteiger partial charge in [-0.1, -0.05) is 6.92 Å². The number of rotatable bonds is 2. The second kappa shape index (κ2) is 4.20. The highest BCUT2D eigenvalue weighted by Crippen LogP contribution is 2.22. The minimum Gasteiger partial charge on any atom is -0.395 e. The van der Waals surface area contributed by atoms with Crippen LogP contribution in [0.15, 0.2) is 12.3 Å². The molecule has 0 amide bonds. The Morgan fingerprint density at radius 1 is 1.29 bits per heavy atom. The number of nitrogens with two attached hydrogens (primary N) is 1. The van der Waals surface area contributed by atoms with Crippen molar-refractivity contribution < 1.29 is 0 Å². The Morgan fingerprint density at radius 2 is 2.00 bits per heavy atom. The molecule has 2 N–H and O–H groups in total. The van der Waals surface area contributed by atoms with Gasteiger partial charge >= 0.3 is 0 Å². The van der Waals surface area contributed by atoms with Crippen molar-refractivity contribution in [3.8, 4) is 5.82 Å². The minimum atomic E-state index is 0.695. The molecule has 0 bridgehead atoms. The van der Waals surface area contributed by atoms with Crippen LogP contribution in [0.4, 0.5) is 5.69 Å². The Morgan fingerprint density at radius 3 is 2.59 bits per heavy atom. The molecule has 0 fully saturated rings. The number of pyridine rings is 1. The van der Waals surface area contributed by atoms with Crippen LogP contribution in [0.2, 0.25) is 0 Å². The zero-order valence-electron chi connectivity index (χ0n) is 10.8. The largest absolute Gasteiger partial charge is 0.395 e. The molecule has 17 heavy (non-hydrogen) atoms. The van der Waals surface area contributed by atoms with E-state index in [1.54, 1.807) is 6.20 Å². The summed E-state index contributed by atoms with van der Waals surface area (Å²) in [5.74, 6) is 0.727. The summed E-state index contributed by atoms with van der Waals surface area (Å²) in [7, 11) is 0. The van der Waals surface area contributed by atoms with E-state index in [0.29, 0.717) is 5.69 Å². The summed E-state index contributed by atoms with van der Waals surface area (Å²) in [6.07, 6.45) is 2.74. The Hall–Kier alpha value is -1.84. The van der Waals surface area contributed by atoms with Crippen LogP contribution >= 0.6 is 0 Å². The number of aromatic nitrogens is 3. The fourth-order valence-electron chi connectivity index (χ4n) is 2.12. The molecule has 0 atom stereocenters. The number of hydrogen-bond donors (Lipinski definition) is 1. The van der Waals surface area contributed by atoms with Crippen LogP contribution in [-0.2, 0) is 6.42 Å². The molecule has 0 spiro atoms. The van der Waals surface area contributed by atoms with Crippen LogP contribution in [-0.4, -0.2) is 14.8 Å². The average molecular weight is 230 g/mol. The first-order chi connectivity index (χ1) is 8.06. The molecule has 0 saturated heterocycles. The van der Waals surface area contributed by atoms with Gasteiger partial charge in [0.1, 0.15) is 0 Å². The van der Waals surface area contributed by atoms with Crippen LogP contribution < -0.4 is 5.73 Å². The van der Waals surface area contributed by atoms with E-state index >= 15 is 0 Å². The first kappa shape index (κ1) is 11.6. The van der Waals surface area contributed by atoms with E-state index in [1.807, 2.05) is 24.6 Å². The minimum absolute atomic E-state index is 0.695. The van der Waals surface area contributed by atoms with Crippen LogP contribution in [0.1, 0.15) is 29.4 Å². The second-order valence-electron chi connectivity index (χ2n) is 4.28. The third-order valence-corrected chi connectivity index (χ3v) is 3.18. The van der Waals surface area contributed by atoms with E-state index in [1.165, 1.54) is 5.56 Å². The fraction of sp³-hybridized carbons (Fsp3) is 0.385. The highest BCUT2D eigenvalue weighted by molar-refractivity contribution is 5.58. The van der Waals surface area contributed by atoms with Crippen molar-refractivity contribution in [2.75, 3.05) is 5.73 Å². The van der Waals surface area contributed by atoms with E-state index in [9.17, 15) is 0 Å². The number of nitrogen functional groups attached to an aromatic ring is 1. The van der Waals surface area contributed by atoms with Crippen molar-refractivity contribution in [3.05, 3.63) is 34.8 Å². The molecule has 90 valence electrons. The Balaban J connectivity index is 2.65. The molecular weight excluding hydrogens is 212 g/mol. The normalized spacial score (nSPS) is 10.8. The topological polar surface area (TPSA) is 56.7 Å². The monoisotopic (exact) mass is 230 g/mol. The molecule has 2 rings (SSSR count). The van der Waals surface area contributed by atoms with Crippen molar-refractivity contribution in [3.63, 3.8) is 0 Å². The van der Waals surface area contributed by atoms with Gasteiger partial charge in [-0.2, -0.15) is 5.10 Å². The molecule has 0 aliphatic rings. The lowest BCUT2D eigenvalue weighted by molar-refractivity contribution is 0.806. The van der Waals surface area contributed by atoms with Gasteiger partial charge in [0.05, 0.1) is 11.4 Å². The molecule has 2 heterocycles. The maximum Gasteiger partial charge on any atom is 0.177 e. The molecule has 4 nitrogen and oxygen atoms in total. The first-order valence-electron chi connectivity index (χ1n) is 5.82. The molecule has 0 saturated carbocycles. The summed E-state index contributed by atoms with van der Waals surface area (Å²) < 4.78 is 1.84. The molecule has 4 heteroatoms. The van der Waals surface area contributed by atoms with Gasteiger partial charge in [0.15, 0.2) is 5.82 Å². The maximum absolute atomic E-state index is 6.06. The van der Waals surface area contributed by atoms with E-state index in [2.05, 4.69) is 23.9 Å². The van der Waals surface area contributed by atoms with Crippen LogP contribution in [0, 0.1) is 20.8 Å². The van der Waals surface area contributed by atoms with Gasteiger partial charge in [0.2, 0.25) is 0 Å². The molecule has 0 radical (unpaired) electrons. The van der Waals surface area contributed by atoms with Gasteiger partial charge in [-0.25, -0.2) is 9.67 Å². The summed E-state index contributed by atoms with van der Waals surface area (Å²) in [6, 6.07) is 1.91. The molecular formula is C13H18N4. The van der Waals surface area contributed by atoms with E-state index in [-0.39, 0.29) is 0 Å². The van der Waals surface area contributed by atoms with Gasteiger partial charge in [-0.15, -0.1) is 0 Å². The summed E-state index contributed by atoms with van der Waals surface area (Å²) in [4.78, 5) is 4.33. The van der Waals surface area contributed by atoms with Crippen molar-refractivity contribution in [1.29, 1.82) is 0 Å². The lowest BCUT2D eigenvalue weighted by Gasteiger charge is -2.08. The average Bonchev–Trinajstić information content (AvgIpc) is 2.58. The Bertz CT molecular complexity index is 555. The lowest BCUT2D eigenvalue weighted by atomic mass is 10.1. The first-order valence-corrected chi connectivity index (χ1v) is 5.82. The Labute approximate surface area is 101 Å². The van der Waals surface area contributed by atoms with Crippen LogP contribution in [0.25, 0.3) is 5.82 Å². The summed E-state index contributed by atoms with van der Waals surface area (Å²) in [5, 5.41) is 4.53. The van der Waals surface area contributed by atoms with E-state index < -0.39 is 0 Å². The van der Waals surface area contributed by atoms with Gasteiger partial charge in [-0.05, 0) is 44.4 Å². The smallest absolute Gasteiger partial charge is 0.177 e. The van der Waals surface area contributed by atoms with E-state index in [4.69, 9.17) is 5.73 Å². The Kier molecular flexibility index (Phi) is 2.88. The van der Waals surface area contributed by atoms with Gasteiger partial charge < -0.3 is 5.73 Å². The highest BCUT2D eigenvalue weighted by Gasteiger charge is 2.14. The van der Waals surface area contributed by atoms with Crippen molar-refractivity contribution in [1.82, 2.24) is 14.8 Å². The standard InChI is InChI=1S/C13H18N4/c1-5-11-9(3)16-17(10(11)4)13-12(14)8(2)6-7-15-13/h6-7H,5,14H2,1-4H3. The number of hydrogen-bond acceptors (Lipinski definition) is 3. The van der Waals surface area contributed by atoms with Crippen LogP contribution in [0.3, 0.4) is 0 Å². The third kappa shape index (κ3) is 1.79. The highest BCUT2D eigenvalue weighted by atomic mass is 15.3. The molecule has 0 aliphatic carbocycles. The molecule has 2 aromatic rings. The van der Waals surface area contributed by atoms with Crippen molar-refractivity contribution in [2.24, 2.45) is 0 Å². The molecule has 0 unspecified atom stereocenters. The predicted molar refractivity (Wildman–Crippen MR) is 69.4 cm³/mol. The number of nitrogens with zero attached hydrogens (tertiary/aromatic N) is 3. The van der Waals surface area contributed by atoms with Gasteiger partial charge in [0.25, 0.3) is 0 Å². The number of anilines is 1. The zero-order chi connectivity index (χ0) is 12.6. The van der Waals surface area contributed by atoms with Crippen molar-refractivity contribution in [2.45, 2.75) is 34.1 Å². The second-order valence-corrected chi connectivity index (χ2v) is 4.28. The fourth-order valence-corrected chi connectivity index (χ4v) is 2.12.